The summed E-state index contributed by atoms with van der Waals surface area (Å²) in [5, 5.41) is 0.754. The van der Waals surface area contributed by atoms with Crippen LogP contribution in [0.4, 0.5) is 0 Å². The second-order valence-corrected chi connectivity index (χ2v) is 10.0. The van der Waals surface area contributed by atoms with Gasteiger partial charge in [0.15, 0.2) is 0 Å². The zero-order valence-electron chi connectivity index (χ0n) is 22.8. The van der Waals surface area contributed by atoms with E-state index in [1.165, 1.54) is 64.6 Å². The van der Waals surface area contributed by atoms with E-state index < -0.39 is 0 Å². The quantitative estimate of drug-likeness (QED) is 0.130. The highest BCUT2D eigenvalue weighted by Gasteiger charge is 2.12. The average molecular weight is 518 g/mol. The number of nitrogens with zero attached hydrogens (tertiary/aromatic N) is 1. The van der Waals surface area contributed by atoms with Gasteiger partial charge >= 0.3 is 0 Å². The highest BCUT2D eigenvalue weighted by molar-refractivity contribution is 6.53. The molecule has 3 aromatic rings. The smallest absolute Gasteiger partial charge is 0.119 e. The molecule has 0 saturated heterocycles. The molecule has 0 unspecified atom stereocenters. The number of rotatable bonds is 17. The summed E-state index contributed by atoms with van der Waals surface area (Å²) in [7, 11) is 0. The van der Waals surface area contributed by atoms with Gasteiger partial charge in [0.1, 0.15) is 5.75 Å². The zero-order chi connectivity index (χ0) is 26.1. The minimum Gasteiger partial charge on any atom is -0.494 e. The molecule has 0 aliphatic rings. The van der Waals surface area contributed by atoms with Gasteiger partial charge in [0.05, 0.1) is 11.6 Å². The molecule has 198 valence electrons. The highest BCUT2D eigenvalue weighted by Crippen LogP contribution is 2.35. The summed E-state index contributed by atoms with van der Waals surface area (Å²) < 4.78 is 6.04. The number of ether oxygens (including phenoxy) is 1. The summed E-state index contributed by atoms with van der Waals surface area (Å²) in [4.78, 5) is 2.52. The highest BCUT2D eigenvalue weighted by atomic mass is 35.5. The predicted octanol–water partition coefficient (Wildman–Crippen LogP) is 9.68. The van der Waals surface area contributed by atoms with E-state index in [1.54, 1.807) is 0 Å². The fraction of sp³-hybridized carbons (Fsp3) is 0.412. The lowest BCUT2D eigenvalue weighted by molar-refractivity contribution is 0.294. The Labute approximate surface area is 230 Å². The summed E-state index contributed by atoms with van der Waals surface area (Å²) in [5.74, 6) is 0.917. The van der Waals surface area contributed by atoms with Crippen molar-refractivity contribution in [1.82, 2.24) is 4.90 Å². The van der Waals surface area contributed by atoms with Crippen LogP contribution in [0.15, 0.2) is 84.9 Å². The van der Waals surface area contributed by atoms with Crippen LogP contribution >= 0.6 is 11.6 Å². The van der Waals surface area contributed by atoms with Gasteiger partial charge in [-0.05, 0) is 61.3 Å². The third-order valence-electron chi connectivity index (χ3n) is 6.98. The Morgan fingerprint density at radius 3 is 1.65 bits per heavy atom. The molecule has 0 aromatic heterocycles. The lowest BCUT2D eigenvalue weighted by Gasteiger charge is -2.17. The number of unbranched alkanes of at least 4 members (excludes halogenated alkanes) is 7. The molecule has 0 aliphatic heterocycles. The molecule has 0 radical (unpaired) electrons. The van der Waals surface area contributed by atoms with Crippen LogP contribution in [-0.2, 0) is 0 Å². The zero-order valence-corrected chi connectivity index (χ0v) is 23.6. The second kappa shape index (κ2) is 17.1. The molecule has 37 heavy (non-hydrogen) atoms. The summed E-state index contributed by atoms with van der Waals surface area (Å²) in [6.45, 7) is 8.90. The maximum atomic E-state index is 6.93. The van der Waals surface area contributed by atoms with Gasteiger partial charge in [0, 0.05) is 5.57 Å². The molecule has 0 fully saturated rings. The normalized spacial score (nSPS) is 12.0. The molecule has 0 spiro atoms. The largest absolute Gasteiger partial charge is 0.494 e. The molecule has 0 N–H and O–H groups in total. The third kappa shape index (κ3) is 10.0. The van der Waals surface area contributed by atoms with E-state index in [0.29, 0.717) is 0 Å². The Bertz CT molecular complexity index is 1030. The first-order valence-electron chi connectivity index (χ1n) is 14.2. The van der Waals surface area contributed by atoms with Crippen molar-refractivity contribution in [2.75, 3.05) is 26.2 Å². The topological polar surface area (TPSA) is 12.5 Å². The molecule has 0 atom stereocenters. The van der Waals surface area contributed by atoms with Gasteiger partial charge in [-0.3, -0.25) is 0 Å². The molecule has 0 heterocycles. The van der Waals surface area contributed by atoms with E-state index in [2.05, 4.69) is 79.4 Å². The summed E-state index contributed by atoms with van der Waals surface area (Å²) in [6, 6.07) is 28.9. The maximum absolute atomic E-state index is 6.93. The van der Waals surface area contributed by atoms with Crippen LogP contribution in [-0.4, -0.2) is 31.1 Å². The molecular formula is C34H44ClNO. The molecule has 2 nitrogen and oxygen atoms in total. The van der Waals surface area contributed by atoms with Gasteiger partial charge in [0.2, 0.25) is 0 Å². The van der Waals surface area contributed by atoms with Crippen LogP contribution in [0, 0.1) is 0 Å². The molecule has 3 rings (SSSR count). The monoisotopic (exact) mass is 517 g/mol. The lowest BCUT2D eigenvalue weighted by Crippen LogP contribution is -2.23. The van der Waals surface area contributed by atoms with E-state index >= 15 is 0 Å². The van der Waals surface area contributed by atoms with E-state index in [9.17, 15) is 0 Å². The summed E-state index contributed by atoms with van der Waals surface area (Å²) in [6.07, 6.45) is 10.5. The minimum absolute atomic E-state index is 0.754. The maximum Gasteiger partial charge on any atom is 0.119 e. The van der Waals surface area contributed by atoms with E-state index in [-0.39, 0.29) is 0 Å². The number of halogens is 1. The molecule has 0 aliphatic carbocycles. The van der Waals surface area contributed by atoms with Crippen LogP contribution in [0.25, 0.3) is 10.6 Å². The van der Waals surface area contributed by atoms with Crippen LogP contribution in [0.1, 0.15) is 81.9 Å². The van der Waals surface area contributed by atoms with Gasteiger partial charge in [-0.15, -0.1) is 0 Å². The van der Waals surface area contributed by atoms with Gasteiger partial charge < -0.3 is 9.64 Å². The predicted molar refractivity (Wildman–Crippen MR) is 161 cm³/mol. The van der Waals surface area contributed by atoms with Crippen molar-refractivity contribution < 1.29 is 4.74 Å². The first-order valence-corrected chi connectivity index (χ1v) is 14.6. The third-order valence-corrected chi connectivity index (χ3v) is 7.39. The summed E-state index contributed by atoms with van der Waals surface area (Å²) >= 11 is 6.93. The van der Waals surface area contributed by atoms with Crippen LogP contribution in [0.2, 0.25) is 0 Å². The second-order valence-electron chi connectivity index (χ2n) is 9.65. The van der Waals surface area contributed by atoms with E-state index in [1.807, 2.05) is 24.3 Å². The molecule has 0 amide bonds. The van der Waals surface area contributed by atoms with Crippen molar-refractivity contribution in [2.24, 2.45) is 0 Å². The Hall–Kier alpha value is -2.55. The summed E-state index contributed by atoms with van der Waals surface area (Å²) in [5.41, 5.74) is 4.24. The van der Waals surface area contributed by atoms with Gasteiger partial charge in [-0.25, -0.2) is 0 Å². The molecule has 3 aromatic carbocycles. The van der Waals surface area contributed by atoms with E-state index in [0.717, 1.165) is 46.1 Å². The molecule has 3 heteroatoms. The Kier molecular flexibility index (Phi) is 13.4. The van der Waals surface area contributed by atoms with Crippen LogP contribution in [0.5, 0.6) is 5.75 Å². The van der Waals surface area contributed by atoms with E-state index in [4.69, 9.17) is 16.3 Å². The number of benzene rings is 3. The Balaban J connectivity index is 1.42. The first-order chi connectivity index (χ1) is 18.2. The van der Waals surface area contributed by atoms with Gasteiger partial charge in [-0.1, -0.05) is 137 Å². The standard InChI is InChI=1S/C34H44ClNO/c1-3-36(4-2)27-17-9-7-5-6-8-10-18-28-37-32-25-23-30(24-26-32)33(29-19-13-11-14-20-29)34(35)31-21-15-12-16-22-31/h11-16,19-26H,3-10,17-18,27-28H2,1-2H3/b34-33+. The van der Waals surface area contributed by atoms with Crippen molar-refractivity contribution in [2.45, 2.75) is 65.2 Å². The minimum atomic E-state index is 0.754. The fourth-order valence-corrected chi connectivity index (χ4v) is 5.04. The van der Waals surface area contributed by atoms with Gasteiger partial charge in [0.25, 0.3) is 0 Å². The van der Waals surface area contributed by atoms with Crippen molar-refractivity contribution >= 4 is 22.2 Å². The SMILES string of the molecule is CCN(CC)CCCCCCCCCCOc1ccc(/C(=C(/Cl)c2ccccc2)c2ccccc2)cc1. The van der Waals surface area contributed by atoms with Crippen molar-refractivity contribution in [3.8, 4) is 5.75 Å². The average Bonchev–Trinajstić information content (AvgIpc) is 2.95. The molecular weight excluding hydrogens is 474 g/mol. The molecule has 0 bridgehead atoms. The van der Waals surface area contributed by atoms with Crippen molar-refractivity contribution in [3.05, 3.63) is 102 Å². The van der Waals surface area contributed by atoms with Crippen LogP contribution in [0.3, 0.4) is 0 Å². The molecule has 0 saturated carbocycles. The van der Waals surface area contributed by atoms with Crippen LogP contribution < -0.4 is 4.74 Å². The van der Waals surface area contributed by atoms with Crippen molar-refractivity contribution in [3.63, 3.8) is 0 Å². The number of hydrogen-bond acceptors (Lipinski definition) is 2. The first kappa shape index (κ1) is 29.0. The Morgan fingerprint density at radius 1 is 0.595 bits per heavy atom. The number of hydrogen-bond donors (Lipinski definition) is 0. The fourth-order valence-electron chi connectivity index (χ4n) is 4.70. The van der Waals surface area contributed by atoms with Crippen molar-refractivity contribution in [1.29, 1.82) is 0 Å². The van der Waals surface area contributed by atoms with Gasteiger partial charge in [-0.2, -0.15) is 0 Å². The Morgan fingerprint density at radius 2 is 1.08 bits per heavy atom. The lowest BCUT2D eigenvalue weighted by atomic mass is 9.95.